The van der Waals surface area contributed by atoms with Gasteiger partial charge in [0.25, 0.3) is 0 Å². The van der Waals surface area contributed by atoms with Crippen LogP contribution in [0.3, 0.4) is 0 Å². The number of nitrogens with one attached hydrogen (secondary N) is 1. The third-order valence-electron chi connectivity index (χ3n) is 3.19. The Bertz CT molecular complexity index is 272. The highest BCUT2D eigenvalue weighted by Crippen LogP contribution is 2.20. The van der Waals surface area contributed by atoms with Crippen LogP contribution in [0.1, 0.15) is 39.0 Å². The van der Waals surface area contributed by atoms with E-state index < -0.39 is 0 Å². The van der Waals surface area contributed by atoms with E-state index in [9.17, 15) is 9.59 Å². The molecule has 106 valence electrons. The molecule has 0 aromatic heterocycles. The Morgan fingerprint density at radius 3 is 2.72 bits per heavy atom. The van der Waals surface area contributed by atoms with Crippen LogP contribution in [0.2, 0.25) is 0 Å². The van der Waals surface area contributed by atoms with Gasteiger partial charge in [-0.15, -0.1) is 12.4 Å². The molecule has 1 aliphatic heterocycles. The van der Waals surface area contributed by atoms with Gasteiger partial charge in [0.1, 0.15) is 0 Å². The summed E-state index contributed by atoms with van der Waals surface area (Å²) in [5.74, 6) is -0.257. The third-order valence-corrected chi connectivity index (χ3v) is 3.19. The molecule has 1 aliphatic rings. The number of halogens is 1. The summed E-state index contributed by atoms with van der Waals surface area (Å²) in [4.78, 5) is 24.9. The molecule has 0 saturated carbocycles. The molecule has 18 heavy (non-hydrogen) atoms. The van der Waals surface area contributed by atoms with Crippen LogP contribution in [0.5, 0.6) is 0 Å². The number of hydrogen-bond donors (Lipinski definition) is 2. The van der Waals surface area contributed by atoms with Gasteiger partial charge in [0.2, 0.25) is 11.8 Å². The summed E-state index contributed by atoms with van der Waals surface area (Å²) in [5, 5.41) is 2.54. The molecule has 6 heteroatoms. The van der Waals surface area contributed by atoms with Crippen molar-refractivity contribution in [2.24, 2.45) is 5.73 Å². The van der Waals surface area contributed by atoms with Gasteiger partial charge >= 0.3 is 0 Å². The van der Waals surface area contributed by atoms with Crippen molar-refractivity contribution in [3.8, 4) is 0 Å². The predicted molar refractivity (Wildman–Crippen MR) is 73.6 cm³/mol. The maximum Gasteiger partial charge on any atom is 0.242 e. The second-order valence-electron chi connectivity index (χ2n) is 4.51. The summed E-state index contributed by atoms with van der Waals surface area (Å²) in [7, 11) is 0. The summed E-state index contributed by atoms with van der Waals surface area (Å²) >= 11 is 0. The Labute approximate surface area is 115 Å². The second kappa shape index (κ2) is 9.16. The molecule has 5 nitrogen and oxygen atoms in total. The van der Waals surface area contributed by atoms with E-state index in [0.29, 0.717) is 6.04 Å². The van der Waals surface area contributed by atoms with Gasteiger partial charge in [-0.05, 0) is 25.7 Å². The number of amides is 2. The number of piperidine rings is 1. The van der Waals surface area contributed by atoms with E-state index in [-0.39, 0.29) is 37.3 Å². The fourth-order valence-corrected chi connectivity index (χ4v) is 2.31. The first-order valence-corrected chi connectivity index (χ1v) is 6.45. The SMILES string of the molecule is CCCC1CCCCN1C(=O)CNC(=O)CN.Cl. The van der Waals surface area contributed by atoms with Crippen LogP contribution in [0.25, 0.3) is 0 Å². The van der Waals surface area contributed by atoms with Gasteiger partial charge in [-0.2, -0.15) is 0 Å². The van der Waals surface area contributed by atoms with Crippen molar-refractivity contribution in [2.75, 3.05) is 19.6 Å². The lowest BCUT2D eigenvalue weighted by Crippen LogP contribution is -2.48. The van der Waals surface area contributed by atoms with Gasteiger partial charge in [-0.1, -0.05) is 13.3 Å². The smallest absolute Gasteiger partial charge is 0.242 e. The number of carbonyl (C=O) groups excluding carboxylic acids is 2. The van der Waals surface area contributed by atoms with Gasteiger partial charge in [0, 0.05) is 12.6 Å². The molecule has 0 aromatic carbocycles. The van der Waals surface area contributed by atoms with E-state index in [4.69, 9.17) is 5.73 Å². The highest BCUT2D eigenvalue weighted by atomic mass is 35.5. The molecule has 0 aliphatic carbocycles. The molecule has 1 rings (SSSR count). The zero-order valence-electron chi connectivity index (χ0n) is 11.0. The minimum atomic E-state index is -0.276. The van der Waals surface area contributed by atoms with Crippen molar-refractivity contribution in [3.63, 3.8) is 0 Å². The van der Waals surface area contributed by atoms with Gasteiger partial charge in [0.15, 0.2) is 0 Å². The first-order valence-electron chi connectivity index (χ1n) is 6.45. The van der Waals surface area contributed by atoms with Crippen LogP contribution in [-0.2, 0) is 9.59 Å². The molecule has 0 aromatic rings. The van der Waals surface area contributed by atoms with E-state index in [0.717, 1.165) is 32.2 Å². The Balaban J connectivity index is 0.00000289. The normalized spacial score (nSPS) is 19.0. The van der Waals surface area contributed by atoms with E-state index in [1.54, 1.807) is 0 Å². The summed E-state index contributed by atoms with van der Waals surface area (Å²) in [6.07, 6.45) is 5.49. The summed E-state index contributed by atoms with van der Waals surface area (Å²) in [6, 6.07) is 0.357. The molecule has 0 bridgehead atoms. The van der Waals surface area contributed by atoms with Gasteiger partial charge in [-0.3, -0.25) is 9.59 Å². The number of hydrogen-bond acceptors (Lipinski definition) is 3. The van der Waals surface area contributed by atoms with Crippen LogP contribution in [0.4, 0.5) is 0 Å². The highest BCUT2D eigenvalue weighted by molar-refractivity contribution is 5.86. The minimum absolute atomic E-state index is 0. The maximum absolute atomic E-state index is 12.0. The van der Waals surface area contributed by atoms with Crippen molar-refractivity contribution >= 4 is 24.2 Å². The van der Waals surface area contributed by atoms with Gasteiger partial charge < -0.3 is 16.0 Å². The van der Waals surface area contributed by atoms with Crippen molar-refractivity contribution in [1.82, 2.24) is 10.2 Å². The predicted octanol–water partition coefficient (Wildman–Crippen LogP) is 0.664. The second-order valence-corrected chi connectivity index (χ2v) is 4.51. The standard InChI is InChI=1S/C12H23N3O2.ClH/c1-2-5-10-6-3-4-7-15(10)12(17)9-14-11(16)8-13;/h10H,2-9,13H2,1H3,(H,14,16);1H. The lowest BCUT2D eigenvalue weighted by Gasteiger charge is -2.35. The molecular formula is C12H24ClN3O2. The van der Waals surface area contributed by atoms with Crippen molar-refractivity contribution in [3.05, 3.63) is 0 Å². The molecule has 1 heterocycles. The number of likely N-dealkylation sites (tertiary alicyclic amines) is 1. The average molecular weight is 278 g/mol. The zero-order chi connectivity index (χ0) is 12.7. The third kappa shape index (κ3) is 5.23. The lowest BCUT2D eigenvalue weighted by molar-refractivity contribution is -0.135. The van der Waals surface area contributed by atoms with Crippen LogP contribution in [-0.4, -0.2) is 42.4 Å². The van der Waals surface area contributed by atoms with Crippen LogP contribution in [0, 0.1) is 0 Å². The molecule has 1 fully saturated rings. The van der Waals surface area contributed by atoms with E-state index in [1.165, 1.54) is 6.42 Å². The van der Waals surface area contributed by atoms with Crippen LogP contribution in [0.15, 0.2) is 0 Å². The zero-order valence-corrected chi connectivity index (χ0v) is 11.8. The number of nitrogens with zero attached hydrogens (tertiary/aromatic N) is 1. The molecule has 1 saturated heterocycles. The van der Waals surface area contributed by atoms with E-state index >= 15 is 0 Å². The average Bonchev–Trinajstić information content (AvgIpc) is 2.36. The van der Waals surface area contributed by atoms with Crippen LogP contribution < -0.4 is 11.1 Å². The Hall–Kier alpha value is -0.810. The largest absolute Gasteiger partial charge is 0.346 e. The maximum atomic E-state index is 12.0. The fraction of sp³-hybridized carbons (Fsp3) is 0.833. The molecular weight excluding hydrogens is 254 g/mol. The Morgan fingerprint density at radius 2 is 2.11 bits per heavy atom. The molecule has 0 radical (unpaired) electrons. The van der Waals surface area contributed by atoms with Gasteiger partial charge in [-0.25, -0.2) is 0 Å². The molecule has 0 spiro atoms. The van der Waals surface area contributed by atoms with Crippen LogP contribution >= 0.6 is 12.4 Å². The fourth-order valence-electron chi connectivity index (χ4n) is 2.31. The molecule has 2 amide bonds. The quantitative estimate of drug-likeness (QED) is 0.775. The summed E-state index contributed by atoms with van der Waals surface area (Å²) in [6.45, 7) is 2.97. The van der Waals surface area contributed by atoms with Crippen molar-refractivity contribution < 1.29 is 9.59 Å². The van der Waals surface area contributed by atoms with Gasteiger partial charge in [0.05, 0.1) is 13.1 Å². The molecule has 1 unspecified atom stereocenters. The van der Waals surface area contributed by atoms with E-state index in [2.05, 4.69) is 12.2 Å². The van der Waals surface area contributed by atoms with E-state index in [1.807, 2.05) is 4.90 Å². The summed E-state index contributed by atoms with van der Waals surface area (Å²) < 4.78 is 0. The Kier molecular flexibility index (Phi) is 8.75. The van der Waals surface area contributed by atoms with Crippen molar-refractivity contribution in [1.29, 1.82) is 0 Å². The summed E-state index contributed by atoms with van der Waals surface area (Å²) in [5.41, 5.74) is 5.17. The monoisotopic (exact) mass is 277 g/mol. The topological polar surface area (TPSA) is 75.4 Å². The first kappa shape index (κ1) is 17.2. The number of carbonyl (C=O) groups is 2. The number of rotatable bonds is 5. The minimum Gasteiger partial charge on any atom is -0.346 e. The molecule has 1 atom stereocenters. The highest BCUT2D eigenvalue weighted by Gasteiger charge is 2.25. The van der Waals surface area contributed by atoms with Crippen molar-refractivity contribution in [2.45, 2.75) is 45.1 Å². The Morgan fingerprint density at radius 1 is 1.39 bits per heavy atom. The first-order chi connectivity index (χ1) is 8.19. The number of nitrogens with two attached hydrogens (primary N) is 1. The lowest BCUT2D eigenvalue weighted by atomic mass is 9.98. The molecule has 3 N–H and O–H groups in total.